The van der Waals surface area contributed by atoms with Gasteiger partial charge in [0.25, 0.3) is 0 Å². The van der Waals surface area contributed by atoms with Crippen molar-refractivity contribution in [2.75, 3.05) is 19.6 Å². The van der Waals surface area contributed by atoms with Gasteiger partial charge >= 0.3 is 0 Å². The van der Waals surface area contributed by atoms with Crippen LogP contribution in [0.4, 0.5) is 0 Å². The smallest absolute Gasteiger partial charge is 0.0110 e. The predicted molar refractivity (Wildman–Crippen MR) is 62.6 cm³/mol. The first kappa shape index (κ1) is 12.0. The molecule has 0 saturated carbocycles. The highest BCUT2D eigenvalue weighted by atomic mass is 15.2. The van der Waals surface area contributed by atoms with Crippen molar-refractivity contribution >= 4 is 0 Å². The lowest BCUT2D eigenvalue weighted by Gasteiger charge is -2.27. The van der Waals surface area contributed by atoms with Gasteiger partial charge < -0.3 is 5.32 Å². The second-order valence-corrected chi connectivity index (χ2v) is 4.84. The molecule has 1 fully saturated rings. The zero-order chi connectivity index (χ0) is 10.4. The monoisotopic (exact) mass is 198 g/mol. The zero-order valence-electron chi connectivity index (χ0n) is 10.1. The van der Waals surface area contributed by atoms with Crippen molar-refractivity contribution in [3.05, 3.63) is 0 Å². The number of hydrogen-bond donors (Lipinski definition) is 1. The summed E-state index contributed by atoms with van der Waals surface area (Å²) >= 11 is 0. The van der Waals surface area contributed by atoms with Crippen molar-refractivity contribution in [2.45, 2.75) is 58.5 Å². The first-order chi connectivity index (χ1) is 6.70. The molecule has 84 valence electrons. The average molecular weight is 198 g/mol. The van der Waals surface area contributed by atoms with E-state index in [0.717, 1.165) is 12.6 Å². The van der Waals surface area contributed by atoms with Crippen LogP contribution < -0.4 is 5.32 Å². The number of nitrogens with zero attached hydrogens (tertiary/aromatic N) is 1. The standard InChI is InChI=1S/C12H26N2/c1-11(2)13-8-10-14-9-6-4-5-7-12(14)3/h11-13H,4-10H2,1-3H3. The van der Waals surface area contributed by atoms with Crippen molar-refractivity contribution in [1.82, 2.24) is 10.2 Å². The third-order valence-electron chi connectivity index (χ3n) is 3.14. The molecule has 1 N–H and O–H groups in total. The van der Waals surface area contributed by atoms with E-state index in [1.807, 2.05) is 0 Å². The van der Waals surface area contributed by atoms with Crippen LogP contribution in [0, 0.1) is 0 Å². The van der Waals surface area contributed by atoms with Crippen molar-refractivity contribution in [3.8, 4) is 0 Å². The van der Waals surface area contributed by atoms with E-state index in [-0.39, 0.29) is 0 Å². The van der Waals surface area contributed by atoms with E-state index in [1.165, 1.54) is 38.8 Å². The molecule has 1 unspecified atom stereocenters. The Balaban J connectivity index is 2.19. The Morgan fingerprint density at radius 2 is 2.07 bits per heavy atom. The summed E-state index contributed by atoms with van der Waals surface area (Å²) in [6.07, 6.45) is 5.64. The van der Waals surface area contributed by atoms with Crippen LogP contribution in [0.2, 0.25) is 0 Å². The molecule has 0 aromatic heterocycles. The van der Waals surface area contributed by atoms with Crippen LogP contribution >= 0.6 is 0 Å². The third kappa shape index (κ3) is 4.43. The molecule has 0 bridgehead atoms. The largest absolute Gasteiger partial charge is 0.313 e. The van der Waals surface area contributed by atoms with Crippen molar-refractivity contribution in [1.29, 1.82) is 0 Å². The molecule has 0 aromatic rings. The van der Waals surface area contributed by atoms with Gasteiger partial charge in [-0.25, -0.2) is 0 Å². The Labute approximate surface area is 89.1 Å². The quantitative estimate of drug-likeness (QED) is 0.745. The minimum Gasteiger partial charge on any atom is -0.313 e. The maximum absolute atomic E-state index is 3.49. The minimum absolute atomic E-state index is 0.622. The zero-order valence-corrected chi connectivity index (χ0v) is 10.1. The number of nitrogens with one attached hydrogen (secondary N) is 1. The Kier molecular flexibility index (Phi) is 5.49. The summed E-state index contributed by atoms with van der Waals surface area (Å²) < 4.78 is 0. The lowest BCUT2D eigenvalue weighted by molar-refractivity contribution is 0.212. The molecule has 1 saturated heterocycles. The van der Waals surface area contributed by atoms with Crippen LogP contribution in [0.5, 0.6) is 0 Å². The topological polar surface area (TPSA) is 15.3 Å². The Morgan fingerprint density at radius 1 is 1.29 bits per heavy atom. The van der Waals surface area contributed by atoms with Crippen molar-refractivity contribution < 1.29 is 0 Å². The SMILES string of the molecule is CC(C)NCCN1CCCCCC1C. The maximum Gasteiger partial charge on any atom is 0.0110 e. The van der Waals surface area contributed by atoms with E-state index in [0.29, 0.717) is 6.04 Å². The first-order valence-electron chi connectivity index (χ1n) is 6.17. The second-order valence-electron chi connectivity index (χ2n) is 4.84. The maximum atomic E-state index is 3.49. The lowest BCUT2D eigenvalue weighted by Crippen LogP contribution is -2.39. The fourth-order valence-electron chi connectivity index (χ4n) is 2.16. The van der Waals surface area contributed by atoms with Crippen LogP contribution in [-0.2, 0) is 0 Å². The Bertz CT molecular complexity index is 145. The third-order valence-corrected chi connectivity index (χ3v) is 3.14. The summed E-state index contributed by atoms with van der Waals surface area (Å²) in [5, 5.41) is 3.49. The Morgan fingerprint density at radius 3 is 2.79 bits per heavy atom. The average Bonchev–Trinajstić information content (AvgIpc) is 2.31. The van der Waals surface area contributed by atoms with E-state index < -0.39 is 0 Å². The van der Waals surface area contributed by atoms with Crippen molar-refractivity contribution in [2.24, 2.45) is 0 Å². The normalized spacial score (nSPS) is 25.3. The lowest BCUT2D eigenvalue weighted by atomic mass is 10.1. The predicted octanol–water partition coefficient (Wildman–Crippen LogP) is 2.25. The van der Waals surface area contributed by atoms with E-state index in [9.17, 15) is 0 Å². The molecular weight excluding hydrogens is 172 g/mol. The fraction of sp³-hybridized carbons (Fsp3) is 1.00. The minimum atomic E-state index is 0.622. The molecule has 0 spiro atoms. The number of rotatable bonds is 4. The van der Waals surface area contributed by atoms with Gasteiger partial charge in [-0.05, 0) is 26.3 Å². The highest BCUT2D eigenvalue weighted by Crippen LogP contribution is 2.15. The summed E-state index contributed by atoms with van der Waals surface area (Å²) in [7, 11) is 0. The van der Waals surface area contributed by atoms with E-state index in [2.05, 4.69) is 31.0 Å². The van der Waals surface area contributed by atoms with Gasteiger partial charge in [0.2, 0.25) is 0 Å². The van der Waals surface area contributed by atoms with Crippen LogP contribution in [0.25, 0.3) is 0 Å². The van der Waals surface area contributed by atoms with Gasteiger partial charge in [0.05, 0.1) is 0 Å². The highest BCUT2D eigenvalue weighted by Gasteiger charge is 2.15. The van der Waals surface area contributed by atoms with Gasteiger partial charge in [-0.1, -0.05) is 26.7 Å². The Hall–Kier alpha value is -0.0800. The van der Waals surface area contributed by atoms with E-state index >= 15 is 0 Å². The summed E-state index contributed by atoms with van der Waals surface area (Å²) in [5.74, 6) is 0. The number of likely N-dealkylation sites (tertiary alicyclic amines) is 1. The first-order valence-corrected chi connectivity index (χ1v) is 6.17. The van der Waals surface area contributed by atoms with E-state index in [1.54, 1.807) is 0 Å². The van der Waals surface area contributed by atoms with Gasteiger partial charge in [0.1, 0.15) is 0 Å². The summed E-state index contributed by atoms with van der Waals surface area (Å²) in [4.78, 5) is 2.64. The molecule has 1 heterocycles. The van der Waals surface area contributed by atoms with Crippen LogP contribution in [0.15, 0.2) is 0 Å². The van der Waals surface area contributed by atoms with Crippen LogP contribution in [0.3, 0.4) is 0 Å². The molecule has 1 rings (SSSR count). The molecule has 0 radical (unpaired) electrons. The molecular formula is C12H26N2. The van der Waals surface area contributed by atoms with Crippen molar-refractivity contribution in [3.63, 3.8) is 0 Å². The molecule has 0 aromatic carbocycles. The summed E-state index contributed by atoms with van der Waals surface area (Å²) in [5.41, 5.74) is 0. The molecule has 2 heteroatoms. The van der Waals surface area contributed by atoms with Crippen LogP contribution in [0.1, 0.15) is 46.5 Å². The molecule has 1 atom stereocenters. The molecule has 2 nitrogen and oxygen atoms in total. The molecule has 1 aliphatic rings. The highest BCUT2D eigenvalue weighted by molar-refractivity contribution is 4.72. The second kappa shape index (κ2) is 6.41. The fourth-order valence-corrected chi connectivity index (χ4v) is 2.16. The summed E-state index contributed by atoms with van der Waals surface area (Å²) in [6.45, 7) is 10.5. The van der Waals surface area contributed by atoms with Crippen LogP contribution in [-0.4, -0.2) is 36.6 Å². The molecule has 1 aliphatic heterocycles. The van der Waals surface area contributed by atoms with Gasteiger partial charge in [-0.3, -0.25) is 4.90 Å². The van der Waals surface area contributed by atoms with Gasteiger partial charge in [0.15, 0.2) is 0 Å². The summed E-state index contributed by atoms with van der Waals surface area (Å²) in [6, 6.07) is 1.42. The van der Waals surface area contributed by atoms with Gasteiger partial charge in [0, 0.05) is 25.2 Å². The molecule has 0 amide bonds. The van der Waals surface area contributed by atoms with Gasteiger partial charge in [-0.2, -0.15) is 0 Å². The van der Waals surface area contributed by atoms with E-state index in [4.69, 9.17) is 0 Å². The van der Waals surface area contributed by atoms with Gasteiger partial charge in [-0.15, -0.1) is 0 Å². The molecule has 14 heavy (non-hydrogen) atoms. The number of hydrogen-bond acceptors (Lipinski definition) is 2. The molecule has 0 aliphatic carbocycles.